The van der Waals surface area contributed by atoms with Crippen LogP contribution in [-0.2, 0) is 17.8 Å². The number of ether oxygens (including phenoxy) is 1. The lowest BCUT2D eigenvalue weighted by molar-refractivity contribution is 0.102. The van der Waals surface area contributed by atoms with Crippen molar-refractivity contribution in [3.63, 3.8) is 0 Å². The molecule has 0 fully saturated rings. The van der Waals surface area contributed by atoms with Crippen LogP contribution in [0.15, 0.2) is 40.3 Å². The van der Waals surface area contributed by atoms with Crippen LogP contribution in [0.1, 0.15) is 35.1 Å². The number of aryl methyl sites for hydroxylation is 1. The van der Waals surface area contributed by atoms with E-state index in [-0.39, 0.29) is 17.1 Å². The highest BCUT2D eigenvalue weighted by Gasteiger charge is 2.18. The van der Waals surface area contributed by atoms with Crippen molar-refractivity contribution in [3.8, 4) is 0 Å². The third kappa shape index (κ3) is 4.46. The average molecular weight is 414 g/mol. The van der Waals surface area contributed by atoms with Crippen molar-refractivity contribution in [2.45, 2.75) is 45.4 Å². The molecule has 7 heteroatoms. The number of aromatic nitrogens is 3. The fourth-order valence-electron chi connectivity index (χ4n) is 3.54. The van der Waals surface area contributed by atoms with Gasteiger partial charge < -0.3 is 9.30 Å². The third-order valence-electron chi connectivity index (χ3n) is 5.08. The smallest absolute Gasteiger partial charge is 0.262 e. The van der Waals surface area contributed by atoms with E-state index in [9.17, 15) is 9.59 Å². The molecule has 0 atom stereocenters. The molecule has 0 radical (unpaired) electrons. The number of hydrogen-bond acceptors (Lipinski definition) is 5. The van der Waals surface area contributed by atoms with Crippen LogP contribution >= 0.6 is 11.8 Å². The Hall–Kier alpha value is -2.38. The summed E-state index contributed by atoms with van der Waals surface area (Å²) < 4.78 is 8.92. The summed E-state index contributed by atoms with van der Waals surface area (Å²) in [6.07, 6.45) is 0.902. The van der Waals surface area contributed by atoms with Crippen LogP contribution < -0.4 is 5.56 Å². The van der Waals surface area contributed by atoms with Gasteiger partial charge in [0.15, 0.2) is 10.9 Å². The first-order chi connectivity index (χ1) is 14.0. The maximum absolute atomic E-state index is 12.9. The summed E-state index contributed by atoms with van der Waals surface area (Å²) in [4.78, 5) is 30.3. The summed E-state index contributed by atoms with van der Waals surface area (Å²) in [7, 11) is 1.69. The van der Waals surface area contributed by atoms with Crippen molar-refractivity contribution in [1.29, 1.82) is 0 Å². The van der Waals surface area contributed by atoms with Crippen LogP contribution in [0.3, 0.4) is 0 Å². The monoisotopic (exact) mass is 413 g/mol. The lowest BCUT2D eigenvalue weighted by Crippen LogP contribution is -2.22. The number of hydrogen-bond donors (Lipinski definition) is 0. The Bertz CT molecular complexity index is 1080. The van der Waals surface area contributed by atoms with Crippen molar-refractivity contribution in [3.05, 3.63) is 57.6 Å². The van der Waals surface area contributed by atoms with Gasteiger partial charge in [-0.3, -0.25) is 14.2 Å². The lowest BCUT2D eigenvalue weighted by atomic mass is 10.2. The molecule has 0 saturated carbocycles. The quantitative estimate of drug-likeness (QED) is 0.231. The standard InChI is InChI=1S/C22H27N3O3S/c1-5-24-21(27)17-9-6-7-10-19(17)23-22(24)29-14-20(26)18-13-15(2)25(16(18)3)11-8-12-28-4/h6-7,9-10,13H,5,8,11-12,14H2,1-4H3. The van der Waals surface area contributed by atoms with E-state index >= 15 is 0 Å². The van der Waals surface area contributed by atoms with Gasteiger partial charge in [0.1, 0.15) is 0 Å². The van der Waals surface area contributed by atoms with Crippen LogP contribution in [0.2, 0.25) is 0 Å². The maximum atomic E-state index is 12.9. The molecule has 0 aliphatic carbocycles. The molecule has 3 rings (SSSR count). The topological polar surface area (TPSA) is 66.1 Å². The second kappa shape index (κ2) is 9.41. The van der Waals surface area contributed by atoms with E-state index in [4.69, 9.17) is 4.74 Å². The molecule has 0 N–H and O–H groups in total. The SMILES string of the molecule is CCn1c(SCC(=O)c2cc(C)n(CCCOC)c2C)nc2ccccc2c1=O. The van der Waals surface area contributed by atoms with Gasteiger partial charge in [-0.05, 0) is 45.4 Å². The highest BCUT2D eigenvalue weighted by molar-refractivity contribution is 7.99. The Morgan fingerprint density at radius 3 is 2.69 bits per heavy atom. The summed E-state index contributed by atoms with van der Waals surface area (Å²) in [6.45, 7) is 7.95. The minimum Gasteiger partial charge on any atom is -0.385 e. The van der Waals surface area contributed by atoms with Crippen LogP contribution in [-0.4, -0.2) is 39.4 Å². The van der Waals surface area contributed by atoms with Crippen molar-refractivity contribution in [1.82, 2.24) is 14.1 Å². The number of carbonyl (C=O) groups is 1. The molecule has 154 valence electrons. The Kier molecular flexibility index (Phi) is 6.92. The van der Waals surface area contributed by atoms with Gasteiger partial charge in [-0.15, -0.1) is 0 Å². The van der Waals surface area contributed by atoms with E-state index in [1.807, 2.05) is 45.0 Å². The van der Waals surface area contributed by atoms with Crippen LogP contribution in [0.25, 0.3) is 10.9 Å². The number of ketones is 1. The fourth-order valence-corrected chi connectivity index (χ4v) is 4.49. The number of benzene rings is 1. The molecule has 3 aromatic rings. The van der Waals surface area contributed by atoms with Gasteiger partial charge in [-0.25, -0.2) is 4.98 Å². The summed E-state index contributed by atoms with van der Waals surface area (Å²) in [5.74, 6) is 0.291. The number of thioether (sulfide) groups is 1. The number of para-hydroxylation sites is 1. The molecule has 0 spiro atoms. The van der Waals surface area contributed by atoms with E-state index in [1.165, 1.54) is 11.8 Å². The highest BCUT2D eigenvalue weighted by Crippen LogP contribution is 2.22. The number of rotatable bonds is 9. The predicted octanol–water partition coefficient (Wildman–Crippen LogP) is 3.85. The second-order valence-corrected chi connectivity index (χ2v) is 7.90. The van der Waals surface area contributed by atoms with Gasteiger partial charge in [0.2, 0.25) is 0 Å². The van der Waals surface area contributed by atoms with Crippen molar-refractivity contribution in [2.75, 3.05) is 19.5 Å². The molecular formula is C22H27N3O3S. The van der Waals surface area contributed by atoms with E-state index in [0.29, 0.717) is 29.2 Å². The minimum absolute atomic E-state index is 0.0474. The predicted molar refractivity (Wildman–Crippen MR) is 117 cm³/mol. The minimum atomic E-state index is -0.0654. The van der Waals surface area contributed by atoms with E-state index < -0.39 is 0 Å². The molecule has 0 saturated heterocycles. The molecule has 2 aromatic heterocycles. The zero-order chi connectivity index (χ0) is 21.0. The first-order valence-electron chi connectivity index (χ1n) is 9.79. The van der Waals surface area contributed by atoms with Crippen LogP contribution in [0.4, 0.5) is 0 Å². The number of Topliss-reactive ketones (excluding diaryl/α,β-unsaturated/α-hetero) is 1. The van der Waals surface area contributed by atoms with Gasteiger partial charge in [0.25, 0.3) is 5.56 Å². The lowest BCUT2D eigenvalue weighted by Gasteiger charge is -2.11. The molecule has 2 heterocycles. The van der Waals surface area contributed by atoms with Gasteiger partial charge in [-0.1, -0.05) is 23.9 Å². The number of nitrogens with zero attached hydrogens (tertiary/aromatic N) is 3. The van der Waals surface area contributed by atoms with E-state index in [1.54, 1.807) is 17.7 Å². The summed E-state index contributed by atoms with van der Waals surface area (Å²) >= 11 is 1.32. The fraction of sp³-hybridized carbons (Fsp3) is 0.409. The van der Waals surface area contributed by atoms with Gasteiger partial charge in [-0.2, -0.15) is 0 Å². The summed E-state index contributed by atoms with van der Waals surface area (Å²) in [6, 6.07) is 9.27. The first-order valence-corrected chi connectivity index (χ1v) is 10.8. The Labute approximate surface area is 174 Å². The molecule has 0 amide bonds. The summed E-state index contributed by atoms with van der Waals surface area (Å²) in [5, 5.41) is 1.18. The first kappa shape index (κ1) is 21.3. The molecule has 0 bridgehead atoms. The molecule has 1 aromatic carbocycles. The van der Waals surface area contributed by atoms with Gasteiger partial charge in [0, 0.05) is 43.8 Å². The average Bonchev–Trinajstić information content (AvgIpc) is 3.00. The summed E-state index contributed by atoms with van der Waals surface area (Å²) in [5.41, 5.74) is 3.38. The Balaban J connectivity index is 1.81. The second-order valence-electron chi connectivity index (χ2n) is 6.96. The zero-order valence-corrected chi connectivity index (χ0v) is 18.2. The van der Waals surface area contributed by atoms with Gasteiger partial charge in [0.05, 0.1) is 16.7 Å². The van der Waals surface area contributed by atoms with Crippen molar-refractivity contribution in [2.24, 2.45) is 0 Å². The molecular weight excluding hydrogens is 386 g/mol. The highest BCUT2D eigenvalue weighted by atomic mass is 32.2. The largest absolute Gasteiger partial charge is 0.385 e. The molecule has 29 heavy (non-hydrogen) atoms. The molecule has 0 aliphatic heterocycles. The van der Waals surface area contributed by atoms with Crippen molar-refractivity contribution >= 4 is 28.4 Å². The number of methoxy groups -OCH3 is 1. The molecule has 0 unspecified atom stereocenters. The third-order valence-corrected chi connectivity index (χ3v) is 6.06. The van der Waals surface area contributed by atoms with E-state index in [0.717, 1.165) is 29.9 Å². The Morgan fingerprint density at radius 2 is 1.97 bits per heavy atom. The van der Waals surface area contributed by atoms with Crippen molar-refractivity contribution < 1.29 is 9.53 Å². The number of fused-ring (bicyclic) bond motifs is 1. The van der Waals surface area contributed by atoms with E-state index in [2.05, 4.69) is 9.55 Å². The van der Waals surface area contributed by atoms with Gasteiger partial charge >= 0.3 is 0 Å². The zero-order valence-electron chi connectivity index (χ0n) is 17.4. The van der Waals surface area contributed by atoms with Crippen LogP contribution in [0.5, 0.6) is 0 Å². The van der Waals surface area contributed by atoms with Crippen LogP contribution in [0, 0.1) is 13.8 Å². The molecule has 0 aliphatic rings. The Morgan fingerprint density at radius 1 is 1.21 bits per heavy atom. The molecule has 6 nitrogen and oxygen atoms in total. The maximum Gasteiger partial charge on any atom is 0.262 e. The number of carbonyl (C=O) groups excluding carboxylic acids is 1. The normalized spacial score (nSPS) is 11.3.